The van der Waals surface area contributed by atoms with Gasteiger partial charge >= 0.3 is 0 Å². The molecule has 5 heteroatoms. The monoisotopic (exact) mass is 221 g/mol. The summed E-state index contributed by atoms with van der Waals surface area (Å²) >= 11 is 5.94. The van der Waals surface area contributed by atoms with Gasteiger partial charge in [-0.05, 0) is 23.9 Å². The first-order valence-electron chi connectivity index (χ1n) is 4.20. The SMILES string of the molecule is CC(=O)c1cn([C-]=O)c2nccc(Cl)c12. The van der Waals surface area contributed by atoms with Crippen LogP contribution in [0.1, 0.15) is 17.3 Å². The number of hydrogen-bond acceptors (Lipinski definition) is 3. The molecule has 0 fully saturated rings. The molecule has 76 valence electrons. The van der Waals surface area contributed by atoms with E-state index in [9.17, 15) is 9.59 Å². The highest BCUT2D eigenvalue weighted by atomic mass is 35.5. The van der Waals surface area contributed by atoms with Crippen molar-refractivity contribution in [2.24, 2.45) is 0 Å². The molecule has 0 amide bonds. The van der Waals surface area contributed by atoms with E-state index < -0.39 is 0 Å². The molecular formula is C10H6ClN2O2-. The van der Waals surface area contributed by atoms with Gasteiger partial charge in [0.1, 0.15) is 12.2 Å². The largest absolute Gasteiger partial charge is 0.433 e. The van der Waals surface area contributed by atoms with E-state index in [2.05, 4.69) is 4.98 Å². The second-order valence-corrected chi connectivity index (χ2v) is 3.46. The lowest BCUT2D eigenvalue weighted by molar-refractivity contribution is 0.101. The number of halogens is 1. The van der Waals surface area contributed by atoms with Gasteiger partial charge in [-0.2, -0.15) is 0 Å². The summed E-state index contributed by atoms with van der Waals surface area (Å²) in [7, 11) is 0. The summed E-state index contributed by atoms with van der Waals surface area (Å²) in [4.78, 5) is 25.9. The van der Waals surface area contributed by atoms with Crippen molar-refractivity contribution in [2.75, 3.05) is 0 Å². The molecule has 0 aliphatic heterocycles. The van der Waals surface area contributed by atoms with E-state index in [1.807, 2.05) is 0 Å². The number of pyridine rings is 1. The standard InChI is InChI=1S/C10H6ClN2O2/c1-6(15)7-4-13(5-14)10-9(7)8(11)2-3-12-10/h2-4H,1H3/q-1. The van der Waals surface area contributed by atoms with E-state index in [1.54, 1.807) is 12.5 Å². The number of carbonyl (C=O) groups excluding carboxylic acids is 2. The fourth-order valence-corrected chi connectivity index (χ4v) is 1.69. The van der Waals surface area contributed by atoms with Crippen molar-refractivity contribution in [1.29, 1.82) is 0 Å². The van der Waals surface area contributed by atoms with Crippen LogP contribution in [-0.4, -0.2) is 21.7 Å². The summed E-state index contributed by atoms with van der Waals surface area (Å²) in [5.41, 5.74) is 0.731. The van der Waals surface area contributed by atoms with Crippen molar-refractivity contribution < 1.29 is 9.59 Å². The third-order valence-electron chi connectivity index (χ3n) is 2.11. The normalized spacial score (nSPS) is 10.5. The van der Waals surface area contributed by atoms with Crippen molar-refractivity contribution in [3.05, 3.63) is 29.0 Å². The van der Waals surface area contributed by atoms with Gasteiger partial charge in [0, 0.05) is 16.9 Å². The molecular weight excluding hydrogens is 216 g/mol. The number of Topliss-reactive ketones (excluding diaryl/α,β-unsaturated/α-hetero) is 1. The second kappa shape index (κ2) is 3.47. The smallest absolute Gasteiger partial charge is 0.149 e. The second-order valence-electron chi connectivity index (χ2n) is 3.05. The van der Waals surface area contributed by atoms with Gasteiger partial charge in [0.05, 0.1) is 0 Å². The summed E-state index contributed by atoms with van der Waals surface area (Å²) in [5.74, 6) is -0.163. The highest BCUT2D eigenvalue weighted by molar-refractivity contribution is 6.36. The zero-order valence-electron chi connectivity index (χ0n) is 7.82. The predicted octanol–water partition coefficient (Wildman–Crippen LogP) is 1.81. The number of rotatable bonds is 2. The number of hydrogen-bond donors (Lipinski definition) is 0. The Kier molecular flexibility index (Phi) is 2.28. The van der Waals surface area contributed by atoms with Crippen molar-refractivity contribution >= 4 is 34.8 Å². The highest BCUT2D eigenvalue weighted by Gasteiger charge is 2.08. The van der Waals surface area contributed by atoms with Crippen LogP contribution in [0, 0.1) is 0 Å². The summed E-state index contributed by atoms with van der Waals surface area (Å²) in [6.07, 6.45) is 4.53. The molecule has 2 aromatic heterocycles. The van der Waals surface area contributed by atoms with Crippen LogP contribution in [-0.2, 0) is 4.79 Å². The third-order valence-corrected chi connectivity index (χ3v) is 2.43. The lowest BCUT2D eigenvalue weighted by atomic mass is 10.1. The Morgan fingerprint density at radius 2 is 2.33 bits per heavy atom. The van der Waals surface area contributed by atoms with E-state index in [0.717, 1.165) is 4.57 Å². The first-order chi connectivity index (χ1) is 7.15. The average Bonchev–Trinajstić information content (AvgIpc) is 2.58. The van der Waals surface area contributed by atoms with Gasteiger partial charge in [-0.3, -0.25) is 4.79 Å². The minimum absolute atomic E-state index is 0.163. The lowest BCUT2D eigenvalue weighted by Crippen LogP contribution is -1.93. The zero-order chi connectivity index (χ0) is 11.0. The first-order valence-corrected chi connectivity index (χ1v) is 4.57. The van der Waals surface area contributed by atoms with E-state index >= 15 is 0 Å². The maximum atomic E-state index is 11.3. The van der Waals surface area contributed by atoms with E-state index in [1.165, 1.54) is 19.3 Å². The number of nitrogens with zero attached hydrogens (tertiary/aromatic N) is 2. The predicted molar refractivity (Wildman–Crippen MR) is 55.8 cm³/mol. The maximum absolute atomic E-state index is 11.3. The zero-order valence-corrected chi connectivity index (χ0v) is 8.58. The van der Waals surface area contributed by atoms with Crippen LogP contribution >= 0.6 is 11.6 Å². The van der Waals surface area contributed by atoms with E-state index in [0.29, 0.717) is 21.6 Å². The molecule has 0 radical (unpaired) electrons. The molecule has 0 saturated heterocycles. The van der Waals surface area contributed by atoms with Crippen LogP contribution in [0.3, 0.4) is 0 Å². The molecule has 2 rings (SSSR count). The highest BCUT2D eigenvalue weighted by Crippen LogP contribution is 2.26. The van der Waals surface area contributed by atoms with Crippen LogP contribution in [0.25, 0.3) is 11.0 Å². The van der Waals surface area contributed by atoms with E-state index in [-0.39, 0.29) is 5.78 Å². The minimum Gasteiger partial charge on any atom is -0.433 e. The maximum Gasteiger partial charge on any atom is 0.149 e. The number of carbonyl (C=O) groups is 1. The quantitative estimate of drug-likeness (QED) is 0.574. The third kappa shape index (κ3) is 1.43. The van der Waals surface area contributed by atoms with Crippen LogP contribution in [0.5, 0.6) is 0 Å². The van der Waals surface area contributed by atoms with Gasteiger partial charge < -0.3 is 14.3 Å². The van der Waals surface area contributed by atoms with Gasteiger partial charge in [0.2, 0.25) is 0 Å². The fourth-order valence-electron chi connectivity index (χ4n) is 1.45. The Morgan fingerprint density at radius 3 is 2.93 bits per heavy atom. The molecule has 15 heavy (non-hydrogen) atoms. The molecule has 0 unspecified atom stereocenters. The number of fused-ring (bicyclic) bond motifs is 1. The van der Waals surface area contributed by atoms with Gasteiger partial charge in [-0.25, -0.2) is 0 Å². The van der Waals surface area contributed by atoms with Crippen molar-refractivity contribution in [3.8, 4) is 0 Å². The molecule has 2 heterocycles. The topological polar surface area (TPSA) is 52.0 Å². The Morgan fingerprint density at radius 1 is 1.60 bits per heavy atom. The molecule has 0 saturated carbocycles. The van der Waals surface area contributed by atoms with Crippen LogP contribution in [0.2, 0.25) is 5.02 Å². The van der Waals surface area contributed by atoms with Gasteiger partial charge in [-0.15, -0.1) is 0 Å². The summed E-state index contributed by atoms with van der Waals surface area (Å²) in [6, 6.07) is 1.57. The number of aromatic nitrogens is 2. The van der Waals surface area contributed by atoms with Gasteiger partial charge in [-0.1, -0.05) is 17.8 Å². The Balaban J connectivity index is 2.94. The van der Waals surface area contributed by atoms with Crippen molar-refractivity contribution in [1.82, 2.24) is 9.55 Å². The van der Waals surface area contributed by atoms with Crippen molar-refractivity contribution in [2.45, 2.75) is 6.92 Å². The fraction of sp³-hybridized carbons (Fsp3) is 0.100. The molecule has 0 aliphatic carbocycles. The molecule has 0 bridgehead atoms. The van der Waals surface area contributed by atoms with Crippen LogP contribution < -0.4 is 0 Å². The van der Waals surface area contributed by atoms with Crippen molar-refractivity contribution in [3.63, 3.8) is 0 Å². The van der Waals surface area contributed by atoms with Crippen LogP contribution in [0.4, 0.5) is 0 Å². The minimum atomic E-state index is -0.163. The van der Waals surface area contributed by atoms with Gasteiger partial charge in [0.15, 0.2) is 0 Å². The first kappa shape index (κ1) is 9.86. The Labute approximate surface area is 90.5 Å². The summed E-state index contributed by atoms with van der Waals surface area (Å²) < 4.78 is 1.12. The molecule has 0 N–H and O–H groups in total. The lowest BCUT2D eigenvalue weighted by Gasteiger charge is -2.02. The molecule has 0 atom stereocenters. The van der Waals surface area contributed by atoms with E-state index in [4.69, 9.17) is 11.6 Å². The molecule has 0 aromatic carbocycles. The Hall–Kier alpha value is -1.68. The van der Waals surface area contributed by atoms with Gasteiger partial charge in [0.25, 0.3) is 0 Å². The average molecular weight is 222 g/mol. The molecule has 4 nitrogen and oxygen atoms in total. The van der Waals surface area contributed by atoms with Crippen LogP contribution in [0.15, 0.2) is 18.5 Å². The Bertz CT molecular complexity index is 560. The summed E-state index contributed by atoms with van der Waals surface area (Å²) in [6.45, 7) is 1.41. The number of ketones is 1. The molecule has 0 spiro atoms. The molecule has 2 aromatic rings. The summed E-state index contributed by atoms with van der Waals surface area (Å²) in [5, 5.41) is 0.897. The molecule has 0 aliphatic rings.